The van der Waals surface area contributed by atoms with Gasteiger partial charge in [0.25, 0.3) is 5.91 Å². The molecule has 5 nitrogen and oxygen atoms in total. The van der Waals surface area contributed by atoms with Crippen LogP contribution >= 0.6 is 0 Å². The number of hydrogen-bond donors (Lipinski definition) is 1. The van der Waals surface area contributed by atoms with Crippen molar-refractivity contribution >= 4 is 16.9 Å². The fourth-order valence-electron chi connectivity index (χ4n) is 2.24. The van der Waals surface area contributed by atoms with Gasteiger partial charge in [-0.05, 0) is 39.2 Å². The number of nitrogens with one attached hydrogen (secondary N) is 1. The molecule has 5 heteroatoms. The summed E-state index contributed by atoms with van der Waals surface area (Å²) >= 11 is 0. The Bertz CT molecular complexity index is 643. The lowest BCUT2D eigenvalue weighted by Crippen LogP contribution is -2.26. The number of rotatable bonds is 5. The molecular weight excluding hydrogens is 264 g/mol. The molecule has 0 saturated heterocycles. The molecule has 1 amide bonds. The Morgan fingerprint density at radius 1 is 1.33 bits per heavy atom. The lowest BCUT2D eigenvalue weighted by atomic mass is 10.1. The topological polar surface area (TPSA) is 59.8 Å². The summed E-state index contributed by atoms with van der Waals surface area (Å²) in [5.74, 6) is 0.524. The van der Waals surface area contributed by atoms with Crippen LogP contribution in [0.15, 0.2) is 12.3 Å². The van der Waals surface area contributed by atoms with Gasteiger partial charge in [0.1, 0.15) is 0 Å². The summed E-state index contributed by atoms with van der Waals surface area (Å²) in [5, 5.41) is 8.21. The van der Waals surface area contributed by atoms with Crippen LogP contribution in [-0.2, 0) is 0 Å². The zero-order valence-electron chi connectivity index (χ0n) is 13.5. The maximum atomic E-state index is 12.3. The molecule has 21 heavy (non-hydrogen) atoms. The quantitative estimate of drug-likeness (QED) is 0.919. The molecule has 0 spiro atoms. The molecule has 0 atom stereocenters. The highest BCUT2D eigenvalue weighted by atomic mass is 16.1. The molecule has 1 N–H and O–H groups in total. The van der Waals surface area contributed by atoms with E-state index in [9.17, 15) is 4.79 Å². The third kappa shape index (κ3) is 3.40. The Labute approximate surface area is 125 Å². The lowest BCUT2D eigenvalue weighted by Gasteiger charge is -2.10. The van der Waals surface area contributed by atoms with E-state index in [2.05, 4.69) is 43.1 Å². The summed E-state index contributed by atoms with van der Waals surface area (Å²) in [6.45, 7) is 11.0. The fraction of sp³-hybridized carbons (Fsp3) is 0.562. The summed E-state index contributed by atoms with van der Waals surface area (Å²) in [5.41, 5.74) is 2.21. The SMILES string of the molecule is Cc1nc2c(cnn2C(C)C)cc1C(=O)NCCC(C)C. The van der Waals surface area contributed by atoms with Gasteiger partial charge in [-0.1, -0.05) is 13.8 Å². The summed E-state index contributed by atoms with van der Waals surface area (Å²) < 4.78 is 1.88. The maximum Gasteiger partial charge on any atom is 0.253 e. The van der Waals surface area contributed by atoms with Crippen LogP contribution in [-0.4, -0.2) is 27.2 Å². The third-order valence-corrected chi connectivity index (χ3v) is 3.50. The largest absolute Gasteiger partial charge is 0.352 e. The van der Waals surface area contributed by atoms with Gasteiger partial charge in [0.05, 0.1) is 17.5 Å². The normalized spacial score (nSPS) is 11.6. The molecule has 0 fully saturated rings. The minimum Gasteiger partial charge on any atom is -0.352 e. The van der Waals surface area contributed by atoms with Crippen molar-refractivity contribution in [2.45, 2.75) is 47.1 Å². The van der Waals surface area contributed by atoms with E-state index < -0.39 is 0 Å². The average molecular weight is 288 g/mol. The number of aryl methyl sites for hydroxylation is 1. The van der Waals surface area contributed by atoms with E-state index in [-0.39, 0.29) is 11.9 Å². The van der Waals surface area contributed by atoms with Gasteiger partial charge >= 0.3 is 0 Å². The number of fused-ring (bicyclic) bond motifs is 1. The zero-order chi connectivity index (χ0) is 15.6. The van der Waals surface area contributed by atoms with Crippen LogP contribution in [0.5, 0.6) is 0 Å². The van der Waals surface area contributed by atoms with Crippen molar-refractivity contribution in [3.63, 3.8) is 0 Å². The highest BCUT2D eigenvalue weighted by Crippen LogP contribution is 2.19. The minimum atomic E-state index is -0.0557. The van der Waals surface area contributed by atoms with Crippen molar-refractivity contribution in [3.8, 4) is 0 Å². The molecule has 0 aromatic carbocycles. The number of aromatic nitrogens is 3. The van der Waals surface area contributed by atoms with Crippen molar-refractivity contribution in [3.05, 3.63) is 23.5 Å². The predicted octanol–water partition coefficient (Wildman–Crippen LogP) is 3.10. The number of hydrogen-bond acceptors (Lipinski definition) is 3. The van der Waals surface area contributed by atoms with Crippen molar-refractivity contribution in [2.24, 2.45) is 5.92 Å². The maximum absolute atomic E-state index is 12.3. The van der Waals surface area contributed by atoms with E-state index >= 15 is 0 Å². The molecule has 0 radical (unpaired) electrons. The fourth-order valence-corrected chi connectivity index (χ4v) is 2.24. The molecule has 0 aliphatic carbocycles. The number of amides is 1. The van der Waals surface area contributed by atoms with Crippen LogP contribution in [0, 0.1) is 12.8 Å². The van der Waals surface area contributed by atoms with Gasteiger partial charge < -0.3 is 5.32 Å². The van der Waals surface area contributed by atoms with Crippen molar-refractivity contribution in [2.75, 3.05) is 6.54 Å². The number of carbonyl (C=O) groups is 1. The molecule has 0 unspecified atom stereocenters. The zero-order valence-corrected chi connectivity index (χ0v) is 13.5. The van der Waals surface area contributed by atoms with Gasteiger partial charge in [-0.15, -0.1) is 0 Å². The van der Waals surface area contributed by atoms with E-state index in [0.717, 1.165) is 23.1 Å². The van der Waals surface area contributed by atoms with Crippen molar-refractivity contribution in [1.29, 1.82) is 0 Å². The van der Waals surface area contributed by atoms with Crippen LogP contribution in [0.1, 0.15) is 56.2 Å². The van der Waals surface area contributed by atoms with E-state index in [1.807, 2.05) is 17.7 Å². The highest BCUT2D eigenvalue weighted by Gasteiger charge is 2.15. The molecule has 0 bridgehead atoms. The van der Waals surface area contributed by atoms with Crippen molar-refractivity contribution < 1.29 is 4.79 Å². The Morgan fingerprint density at radius 3 is 2.67 bits per heavy atom. The minimum absolute atomic E-state index is 0.0557. The van der Waals surface area contributed by atoms with Crippen molar-refractivity contribution in [1.82, 2.24) is 20.1 Å². The Kier molecular flexibility index (Phi) is 4.60. The highest BCUT2D eigenvalue weighted by molar-refractivity contribution is 5.98. The molecule has 2 heterocycles. The molecule has 114 valence electrons. The second kappa shape index (κ2) is 6.24. The standard InChI is InChI=1S/C16H24N4O/c1-10(2)6-7-17-16(21)14-8-13-9-18-20(11(3)4)15(13)19-12(14)5/h8-11H,6-7H2,1-5H3,(H,17,21). The molecule has 2 aromatic rings. The first-order chi connectivity index (χ1) is 9.90. The summed E-state index contributed by atoms with van der Waals surface area (Å²) in [6, 6.07) is 2.13. The average Bonchev–Trinajstić information content (AvgIpc) is 2.79. The molecule has 2 rings (SSSR count). The van der Waals surface area contributed by atoms with Gasteiger partial charge in [-0.2, -0.15) is 5.10 Å². The summed E-state index contributed by atoms with van der Waals surface area (Å²) in [4.78, 5) is 16.8. The smallest absolute Gasteiger partial charge is 0.253 e. The predicted molar refractivity (Wildman–Crippen MR) is 84.4 cm³/mol. The van der Waals surface area contributed by atoms with Gasteiger partial charge in [0.2, 0.25) is 0 Å². The Balaban J connectivity index is 2.25. The second-order valence-electron chi connectivity index (χ2n) is 6.16. The van der Waals surface area contributed by atoms with Crippen LogP contribution in [0.3, 0.4) is 0 Å². The number of carbonyl (C=O) groups excluding carboxylic acids is 1. The van der Waals surface area contributed by atoms with E-state index in [4.69, 9.17) is 0 Å². The molecular formula is C16H24N4O. The first-order valence-electron chi connectivity index (χ1n) is 7.53. The Morgan fingerprint density at radius 2 is 2.05 bits per heavy atom. The summed E-state index contributed by atoms with van der Waals surface area (Å²) in [6.07, 6.45) is 2.75. The second-order valence-corrected chi connectivity index (χ2v) is 6.16. The van der Waals surface area contributed by atoms with Gasteiger partial charge in [-0.3, -0.25) is 4.79 Å². The van der Waals surface area contributed by atoms with Gasteiger partial charge in [0.15, 0.2) is 5.65 Å². The van der Waals surface area contributed by atoms with Crippen LogP contribution in [0.2, 0.25) is 0 Å². The lowest BCUT2D eigenvalue weighted by molar-refractivity contribution is 0.0951. The van der Waals surface area contributed by atoms with E-state index in [0.29, 0.717) is 18.0 Å². The number of pyridine rings is 1. The van der Waals surface area contributed by atoms with E-state index in [1.54, 1.807) is 6.20 Å². The summed E-state index contributed by atoms with van der Waals surface area (Å²) in [7, 11) is 0. The van der Waals surface area contributed by atoms with Crippen LogP contribution in [0.4, 0.5) is 0 Å². The first-order valence-corrected chi connectivity index (χ1v) is 7.53. The molecule has 0 aliphatic rings. The molecule has 2 aromatic heterocycles. The number of nitrogens with zero attached hydrogens (tertiary/aromatic N) is 3. The Hall–Kier alpha value is -1.91. The van der Waals surface area contributed by atoms with Crippen LogP contribution in [0.25, 0.3) is 11.0 Å². The molecule has 0 aliphatic heterocycles. The van der Waals surface area contributed by atoms with Crippen LogP contribution < -0.4 is 5.32 Å². The van der Waals surface area contributed by atoms with E-state index in [1.165, 1.54) is 0 Å². The molecule has 0 saturated carbocycles. The van der Waals surface area contributed by atoms with Gasteiger partial charge in [-0.25, -0.2) is 9.67 Å². The monoisotopic (exact) mass is 288 g/mol. The third-order valence-electron chi connectivity index (χ3n) is 3.50. The van der Waals surface area contributed by atoms with Gasteiger partial charge in [0, 0.05) is 18.0 Å². The first kappa shape index (κ1) is 15.5.